The Morgan fingerprint density at radius 1 is 1.12 bits per heavy atom. The SMILES string of the molecule is O=C(CNC(=O)c1cnccn1)NCCc1nc2ccccc2[nH]1. The van der Waals surface area contributed by atoms with Crippen molar-refractivity contribution in [2.75, 3.05) is 13.1 Å². The Morgan fingerprint density at radius 2 is 2.00 bits per heavy atom. The number of carbonyl (C=O) groups is 2. The molecule has 0 unspecified atom stereocenters. The van der Waals surface area contributed by atoms with Crippen molar-refractivity contribution >= 4 is 22.8 Å². The van der Waals surface area contributed by atoms with Crippen LogP contribution < -0.4 is 10.6 Å². The summed E-state index contributed by atoms with van der Waals surface area (Å²) in [4.78, 5) is 38.8. The molecule has 0 bridgehead atoms. The normalized spacial score (nSPS) is 10.5. The minimum Gasteiger partial charge on any atom is -0.354 e. The second kappa shape index (κ2) is 7.32. The van der Waals surface area contributed by atoms with Crippen molar-refractivity contribution in [2.45, 2.75) is 6.42 Å². The zero-order valence-electron chi connectivity index (χ0n) is 12.8. The summed E-state index contributed by atoms with van der Waals surface area (Å²) in [6.45, 7) is 0.315. The van der Waals surface area contributed by atoms with Crippen LogP contribution in [0.5, 0.6) is 0 Å². The van der Waals surface area contributed by atoms with Gasteiger partial charge in [0.15, 0.2) is 0 Å². The fraction of sp³-hybridized carbons (Fsp3) is 0.188. The molecule has 2 aromatic heterocycles. The first-order valence-electron chi connectivity index (χ1n) is 7.47. The quantitative estimate of drug-likeness (QED) is 0.609. The fourth-order valence-corrected chi connectivity index (χ4v) is 2.17. The smallest absolute Gasteiger partial charge is 0.271 e. The molecule has 0 aliphatic rings. The lowest BCUT2D eigenvalue weighted by atomic mass is 10.3. The molecule has 0 atom stereocenters. The zero-order chi connectivity index (χ0) is 16.8. The highest BCUT2D eigenvalue weighted by Crippen LogP contribution is 2.10. The van der Waals surface area contributed by atoms with Crippen LogP contribution in [0.4, 0.5) is 0 Å². The van der Waals surface area contributed by atoms with Crippen molar-refractivity contribution in [1.82, 2.24) is 30.6 Å². The number of para-hydroxylation sites is 2. The minimum absolute atomic E-state index is 0.116. The van der Waals surface area contributed by atoms with Gasteiger partial charge in [0.2, 0.25) is 5.91 Å². The van der Waals surface area contributed by atoms with Gasteiger partial charge < -0.3 is 15.6 Å². The lowest BCUT2D eigenvalue weighted by Gasteiger charge is -2.05. The summed E-state index contributed by atoms with van der Waals surface area (Å²) in [5, 5.41) is 5.22. The monoisotopic (exact) mass is 324 g/mol. The number of carbonyl (C=O) groups excluding carboxylic acids is 2. The predicted octanol–water partition coefficient (Wildman–Crippen LogP) is 0.442. The van der Waals surface area contributed by atoms with Gasteiger partial charge in [-0.25, -0.2) is 9.97 Å². The molecule has 3 N–H and O–H groups in total. The van der Waals surface area contributed by atoms with E-state index < -0.39 is 5.91 Å². The van der Waals surface area contributed by atoms with Crippen LogP contribution in [0.1, 0.15) is 16.3 Å². The molecule has 3 aromatic rings. The van der Waals surface area contributed by atoms with E-state index in [-0.39, 0.29) is 18.1 Å². The first-order valence-corrected chi connectivity index (χ1v) is 7.47. The van der Waals surface area contributed by atoms with Gasteiger partial charge in [-0.05, 0) is 12.1 Å². The number of amides is 2. The molecule has 2 amide bonds. The maximum absolute atomic E-state index is 11.7. The standard InChI is InChI=1S/C16H16N6O2/c23-15(10-20-16(24)13-9-17-7-8-18-13)19-6-5-14-21-11-3-1-2-4-12(11)22-14/h1-4,7-9H,5-6,10H2,(H,19,23)(H,20,24)(H,21,22). The Morgan fingerprint density at radius 3 is 2.79 bits per heavy atom. The number of benzene rings is 1. The van der Waals surface area contributed by atoms with Crippen molar-refractivity contribution in [3.05, 3.63) is 54.4 Å². The van der Waals surface area contributed by atoms with E-state index in [4.69, 9.17) is 0 Å². The molecule has 122 valence electrons. The number of nitrogens with one attached hydrogen (secondary N) is 3. The van der Waals surface area contributed by atoms with Gasteiger partial charge in [-0.3, -0.25) is 14.6 Å². The number of aromatic amines is 1. The van der Waals surface area contributed by atoms with Crippen molar-refractivity contribution in [3.8, 4) is 0 Å². The van der Waals surface area contributed by atoms with Crippen molar-refractivity contribution in [3.63, 3.8) is 0 Å². The van der Waals surface area contributed by atoms with E-state index in [0.29, 0.717) is 13.0 Å². The average Bonchev–Trinajstić information content (AvgIpc) is 3.03. The van der Waals surface area contributed by atoms with Gasteiger partial charge in [-0.1, -0.05) is 12.1 Å². The molecule has 0 fully saturated rings. The van der Waals surface area contributed by atoms with Gasteiger partial charge in [-0.2, -0.15) is 0 Å². The Labute approximate surface area is 137 Å². The Balaban J connectivity index is 1.42. The molecular weight excluding hydrogens is 308 g/mol. The lowest BCUT2D eigenvalue weighted by molar-refractivity contribution is -0.120. The van der Waals surface area contributed by atoms with Crippen LogP contribution in [0.2, 0.25) is 0 Å². The van der Waals surface area contributed by atoms with Gasteiger partial charge in [0, 0.05) is 25.4 Å². The molecule has 8 nitrogen and oxygen atoms in total. The molecule has 2 heterocycles. The number of fused-ring (bicyclic) bond motifs is 1. The fourth-order valence-electron chi connectivity index (χ4n) is 2.17. The predicted molar refractivity (Wildman–Crippen MR) is 87.2 cm³/mol. The molecule has 3 rings (SSSR count). The Kier molecular flexibility index (Phi) is 4.76. The summed E-state index contributed by atoms with van der Waals surface area (Å²) in [6.07, 6.45) is 4.82. The third-order valence-corrected chi connectivity index (χ3v) is 3.33. The summed E-state index contributed by atoms with van der Waals surface area (Å²) in [5.41, 5.74) is 2.04. The van der Waals surface area contributed by atoms with Crippen LogP contribution in [0.3, 0.4) is 0 Å². The molecule has 24 heavy (non-hydrogen) atoms. The van der Waals surface area contributed by atoms with E-state index in [2.05, 4.69) is 30.6 Å². The second-order valence-electron chi connectivity index (χ2n) is 5.07. The van der Waals surface area contributed by atoms with E-state index in [1.807, 2.05) is 24.3 Å². The molecule has 8 heteroatoms. The number of imidazole rings is 1. The maximum atomic E-state index is 11.7. The summed E-state index contributed by atoms with van der Waals surface area (Å²) in [5.74, 6) is 0.0963. The number of nitrogens with zero attached hydrogens (tertiary/aromatic N) is 3. The van der Waals surface area contributed by atoms with E-state index in [9.17, 15) is 9.59 Å². The molecule has 0 aliphatic heterocycles. The number of rotatable bonds is 6. The van der Waals surface area contributed by atoms with Crippen LogP contribution in [0.15, 0.2) is 42.9 Å². The van der Waals surface area contributed by atoms with E-state index in [0.717, 1.165) is 16.9 Å². The Bertz CT molecular complexity index is 813. The van der Waals surface area contributed by atoms with Gasteiger partial charge in [0.1, 0.15) is 11.5 Å². The largest absolute Gasteiger partial charge is 0.354 e. The molecule has 0 aliphatic carbocycles. The first-order chi connectivity index (χ1) is 11.7. The van der Waals surface area contributed by atoms with Crippen LogP contribution in [-0.2, 0) is 11.2 Å². The Hall–Kier alpha value is -3.29. The third-order valence-electron chi connectivity index (χ3n) is 3.33. The van der Waals surface area contributed by atoms with Gasteiger partial charge in [0.05, 0.1) is 23.8 Å². The summed E-state index contributed by atoms with van der Waals surface area (Å²) in [6, 6.07) is 7.74. The molecule has 1 aromatic carbocycles. The zero-order valence-corrected chi connectivity index (χ0v) is 12.8. The molecule has 0 saturated carbocycles. The van der Waals surface area contributed by atoms with Crippen LogP contribution in [0, 0.1) is 0 Å². The summed E-state index contributed by atoms with van der Waals surface area (Å²) in [7, 11) is 0. The first kappa shape index (κ1) is 15.6. The van der Waals surface area contributed by atoms with E-state index in [1.165, 1.54) is 18.6 Å². The van der Waals surface area contributed by atoms with Crippen LogP contribution in [-0.4, -0.2) is 44.8 Å². The lowest BCUT2D eigenvalue weighted by Crippen LogP contribution is -2.38. The maximum Gasteiger partial charge on any atom is 0.271 e. The van der Waals surface area contributed by atoms with Crippen molar-refractivity contribution in [2.24, 2.45) is 0 Å². The van der Waals surface area contributed by atoms with Crippen LogP contribution in [0.25, 0.3) is 11.0 Å². The van der Waals surface area contributed by atoms with Gasteiger partial charge in [-0.15, -0.1) is 0 Å². The summed E-state index contributed by atoms with van der Waals surface area (Å²) < 4.78 is 0. The number of H-pyrrole nitrogens is 1. The van der Waals surface area contributed by atoms with Crippen molar-refractivity contribution < 1.29 is 9.59 Å². The topological polar surface area (TPSA) is 113 Å². The molecule has 0 radical (unpaired) electrons. The molecular formula is C16H16N6O2. The van der Waals surface area contributed by atoms with E-state index >= 15 is 0 Å². The third kappa shape index (κ3) is 3.92. The minimum atomic E-state index is -0.435. The van der Waals surface area contributed by atoms with Crippen molar-refractivity contribution in [1.29, 1.82) is 0 Å². The number of aromatic nitrogens is 4. The van der Waals surface area contributed by atoms with Gasteiger partial charge in [0.25, 0.3) is 5.91 Å². The molecule has 0 saturated heterocycles. The second-order valence-corrected chi connectivity index (χ2v) is 5.07. The van der Waals surface area contributed by atoms with E-state index in [1.54, 1.807) is 0 Å². The average molecular weight is 324 g/mol. The van der Waals surface area contributed by atoms with Gasteiger partial charge >= 0.3 is 0 Å². The highest BCUT2D eigenvalue weighted by atomic mass is 16.2. The highest BCUT2D eigenvalue weighted by molar-refractivity contribution is 5.94. The van der Waals surface area contributed by atoms with Crippen LogP contribution >= 0.6 is 0 Å². The summed E-state index contributed by atoms with van der Waals surface area (Å²) >= 11 is 0. The number of hydrogen-bond acceptors (Lipinski definition) is 5. The molecule has 0 spiro atoms. The highest BCUT2D eigenvalue weighted by Gasteiger charge is 2.09. The number of hydrogen-bond donors (Lipinski definition) is 3.